The zero-order valence-corrected chi connectivity index (χ0v) is 13.1. The average molecular weight is 335 g/mol. The van der Waals surface area contributed by atoms with Gasteiger partial charge in [-0.15, -0.1) is 0 Å². The predicted molar refractivity (Wildman–Crippen MR) is 83.5 cm³/mol. The van der Waals surface area contributed by atoms with Crippen molar-refractivity contribution in [3.05, 3.63) is 48.0 Å². The number of nitrogens with zero attached hydrogens (tertiary/aromatic N) is 4. The number of aromatic nitrogens is 3. The highest BCUT2D eigenvalue weighted by Gasteiger charge is 2.23. The Kier molecular flexibility index (Phi) is 5.14. The number of rotatable bonds is 5. The number of piperidine rings is 1. The van der Waals surface area contributed by atoms with Gasteiger partial charge < -0.3 is 5.32 Å². The Hall–Kier alpha value is -2.35. The number of hydrogen-bond donors (Lipinski definition) is 1. The predicted octanol–water partition coefficient (Wildman–Crippen LogP) is 2.07. The lowest BCUT2D eigenvalue weighted by molar-refractivity contribution is 0.0559. The number of pyridine rings is 1. The largest absolute Gasteiger partial charge is 0.347 e. The molecule has 1 amide bonds. The first-order valence-corrected chi connectivity index (χ1v) is 7.87. The molecule has 1 aliphatic rings. The van der Waals surface area contributed by atoms with Gasteiger partial charge in [0.05, 0.1) is 0 Å². The molecule has 0 radical (unpaired) electrons. The van der Waals surface area contributed by atoms with E-state index >= 15 is 0 Å². The van der Waals surface area contributed by atoms with Gasteiger partial charge >= 0.3 is 6.55 Å². The Balaban J connectivity index is 1.55. The van der Waals surface area contributed by atoms with Crippen LogP contribution in [0.15, 0.2) is 36.8 Å². The Bertz CT molecular complexity index is 676. The van der Waals surface area contributed by atoms with Gasteiger partial charge in [-0.3, -0.25) is 14.7 Å². The summed E-state index contributed by atoms with van der Waals surface area (Å²) < 4.78 is 25.5. The molecular formula is C16H19F2N5O. The van der Waals surface area contributed by atoms with Gasteiger partial charge in [-0.25, -0.2) is 4.68 Å². The summed E-state index contributed by atoms with van der Waals surface area (Å²) >= 11 is 0. The Labute approximate surface area is 138 Å². The molecule has 1 atom stereocenters. The van der Waals surface area contributed by atoms with Gasteiger partial charge in [0.25, 0.3) is 5.91 Å². The van der Waals surface area contributed by atoms with Crippen LogP contribution in [0.1, 0.15) is 35.4 Å². The number of alkyl halides is 2. The highest BCUT2D eigenvalue weighted by atomic mass is 19.3. The molecule has 6 nitrogen and oxygen atoms in total. The standard InChI is InChI=1S/C16H19F2N5O/c17-16(18)23-8-5-14(21-23)15(24)20-13-4-2-7-22(11-13)10-12-3-1-6-19-9-12/h1,3,5-6,8-9,13,16H,2,4,7,10-11H2,(H,20,24). The zero-order chi connectivity index (χ0) is 16.9. The summed E-state index contributed by atoms with van der Waals surface area (Å²) in [5.74, 6) is -0.414. The Morgan fingerprint density at radius 2 is 2.29 bits per heavy atom. The fourth-order valence-electron chi connectivity index (χ4n) is 2.89. The molecule has 1 aliphatic heterocycles. The summed E-state index contributed by atoms with van der Waals surface area (Å²) in [7, 11) is 0. The Morgan fingerprint density at radius 1 is 1.42 bits per heavy atom. The molecule has 0 aliphatic carbocycles. The van der Waals surface area contributed by atoms with Crippen LogP contribution in [0.25, 0.3) is 0 Å². The van der Waals surface area contributed by atoms with Crippen LogP contribution >= 0.6 is 0 Å². The van der Waals surface area contributed by atoms with Gasteiger partial charge in [-0.2, -0.15) is 13.9 Å². The van der Waals surface area contributed by atoms with Crippen LogP contribution in [-0.4, -0.2) is 44.7 Å². The van der Waals surface area contributed by atoms with Crippen LogP contribution in [0.4, 0.5) is 8.78 Å². The topological polar surface area (TPSA) is 63.1 Å². The van der Waals surface area contributed by atoms with Gasteiger partial charge in [-0.05, 0) is 37.1 Å². The molecule has 1 unspecified atom stereocenters. The van der Waals surface area contributed by atoms with E-state index in [0.29, 0.717) is 4.68 Å². The molecule has 1 N–H and O–H groups in total. The maximum Gasteiger partial charge on any atom is 0.333 e. The van der Waals surface area contributed by atoms with Crippen molar-refractivity contribution < 1.29 is 13.6 Å². The molecule has 0 aromatic carbocycles. The van der Waals surface area contributed by atoms with Crippen LogP contribution in [0.5, 0.6) is 0 Å². The molecule has 0 spiro atoms. The molecule has 2 aromatic heterocycles. The van der Waals surface area contributed by atoms with Crippen LogP contribution < -0.4 is 5.32 Å². The van der Waals surface area contributed by atoms with Crippen LogP contribution in [0, 0.1) is 0 Å². The van der Waals surface area contributed by atoms with Gasteiger partial charge in [-0.1, -0.05) is 6.07 Å². The van der Waals surface area contributed by atoms with E-state index < -0.39 is 12.5 Å². The maximum absolute atomic E-state index is 12.5. The van der Waals surface area contributed by atoms with Gasteiger partial charge in [0.2, 0.25) is 0 Å². The minimum Gasteiger partial charge on any atom is -0.347 e. The van der Waals surface area contributed by atoms with Crippen molar-refractivity contribution in [2.75, 3.05) is 13.1 Å². The molecule has 3 heterocycles. The molecule has 1 fully saturated rings. The number of carbonyl (C=O) groups excluding carboxylic acids is 1. The van der Waals surface area contributed by atoms with Crippen LogP contribution in [-0.2, 0) is 6.54 Å². The number of amides is 1. The third-order valence-electron chi connectivity index (χ3n) is 4.01. The van der Waals surface area contributed by atoms with Crippen molar-refractivity contribution in [1.29, 1.82) is 0 Å². The molecule has 0 saturated carbocycles. The first-order valence-electron chi connectivity index (χ1n) is 7.87. The lowest BCUT2D eigenvalue weighted by Gasteiger charge is -2.32. The van der Waals surface area contributed by atoms with E-state index in [4.69, 9.17) is 0 Å². The molecular weight excluding hydrogens is 316 g/mol. The van der Waals surface area contributed by atoms with E-state index in [0.717, 1.165) is 44.2 Å². The smallest absolute Gasteiger partial charge is 0.333 e. The fraction of sp³-hybridized carbons (Fsp3) is 0.438. The highest BCUT2D eigenvalue weighted by Crippen LogP contribution is 2.14. The first-order chi connectivity index (χ1) is 11.6. The summed E-state index contributed by atoms with van der Waals surface area (Å²) in [6, 6.07) is 5.21. The summed E-state index contributed by atoms with van der Waals surface area (Å²) in [6.45, 7) is -0.284. The van der Waals surface area contributed by atoms with E-state index in [-0.39, 0.29) is 11.7 Å². The van der Waals surface area contributed by atoms with E-state index in [9.17, 15) is 13.6 Å². The summed E-state index contributed by atoms with van der Waals surface area (Å²) in [6.07, 6.45) is 6.51. The normalized spacial score (nSPS) is 18.7. The second-order valence-electron chi connectivity index (χ2n) is 5.87. The van der Waals surface area contributed by atoms with Crippen molar-refractivity contribution in [3.8, 4) is 0 Å². The van der Waals surface area contributed by atoms with Gasteiger partial charge in [0.1, 0.15) is 5.69 Å². The monoisotopic (exact) mass is 335 g/mol. The molecule has 24 heavy (non-hydrogen) atoms. The van der Waals surface area contributed by atoms with Crippen molar-refractivity contribution in [1.82, 2.24) is 25.0 Å². The number of nitrogens with one attached hydrogen (secondary N) is 1. The quantitative estimate of drug-likeness (QED) is 0.909. The number of halogens is 2. The third-order valence-corrected chi connectivity index (χ3v) is 4.01. The van der Waals surface area contributed by atoms with E-state index in [1.54, 1.807) is 6.20 Å². The molecule has 128 valence electrons. The molecule has 0 bridgehead atoms. The minimum atomic E-state index is -2.74. The van der Waals surface area contributed by atoms with Gasteiger partial charge in [0, 0.05) is 37.7 Å². The van der Waals surface area contributed by atoms with E-state index in [2.05, 4.69) is 20.3 Å². The fourth-order valence-corrected chi connectivity index (χ4v) is 2.89. The zero-order valence-electron chi connectivity index (χ0n) is 13.1. The SMILES string of the molecule is O=C(NC1CCCN(Cc2cccnc2)C1)c1ccn(C(F)F)n1. The lowest BCUT2D eigenvalue weighted by atomic mass is 10.0. The number of likely N-dealkylation sites (tertiary alicyclic amines) is 1. The number of carbonyl (C=O) groups is 1. The van der Waals surface area contributed by atoms with Crippen molar-refractivity contribution >= 4 is 5.91 Å². The van der Waals surface area contributed by atoms with E-state index in [1.165, 1.54) is 6.07 Å². The summed E-state index contributed by atoms with van der Waals surface area (Å²) in [5, 5.41) is 6.48. The first kappa shape index (κ1) is 16.5. The second-order valence-corrected chi connectivity index (χ2v) is 5.87. The average Bonchev–Trinajstić information content (AvgIpc) is 3.06. The van der Waals surface area contributed by atoms with Crippen molar-refractivity contribution in [3.63, 3.8) is 0 Å². The van der Waals surface area contributed by atoms with Crippen LogP contribution in [0.3, 0.4) is 0 Å². The highest BCUT2D eigenvalue weighted by molar-refractivity contribution is 5.92. The molecule has 8 heteroatoms. The third kappa shape index (κ3) is 4.14. The van der Waals surface area contributed by atoms with Crippen molar-refractivity contribution in [2.45, 2.75) is 32.0 Å². The summed E-state index contributed by atoms with van der Waals surface area (Å²) in [5.41, 5.74) is 1.14. The van der Waals surface area contributed by atoms with Crippen LogP contribution in [0.2, 0.25) is 0 Å². The van der Waals surface area contributed by atoms with E-state index in [1.807, 2.05) is 18.3 Å². The summed E-state index contributed by atoms with van der Waals surface area (Å²) in [4.78, 5) is 18.5. The molecule has 2 aromatic rings. The van der Waals surface area contributed by atoms with Crippen molar-refractivity contribution in [2.24, 2.45) is 0 Å². The number of hydrogen-bond acceptors (Lipinski definition) is 4. The second kappa shape index (κ2) is 7.48. The Morgan fingerprint density at radius 3 is 3.00 bits per heavy atom. The molecule has 1 saturated heterocycles. The molecule has 3 rings (SSSR count). The lowest BCUT2D eigenvalue weighted by Crippen LogP contribution is -2.47. The minimum absolute atomic E-state index is 0.0136. The maximum atomic E-state index is 12.5. The van der Waals surface area contributed by atoms with Gasteiger partial charge in [0.15, 0.2) is 0 Å².